The van der Waals surface area contributed by atoms with Crippen LogP contribution in [-0.2, 0) is 6.42 Å². The lowest BCUT2D eigenvalue weighted by Gasteiger charge is -2.08. The van der Waals surface area contributed by atoms with Gasteiger partial charge in [-0.3, -0.25) is 0 Å². The summed E-state index contributed by atoms with van der Waals surface area (Å²) in [7, 11) is 0. The topological polar surface area (TPSA) is 49.8 Å². The molecule has 20 heavy (non-hydrogen) atoms. The van der Waals surface area contributed by atoms with Crippen molar-refractivity contribution >= 4 is 45.1 Å². The molecule has 2 heterocycles. The van der Waals surface area contributed by atoms with Gasteiger partial charge in [-0.15, -0.1) is 11.3 Å². The van der Waals surface area contributed by atoms with Crippen LogP contribution in [-0.4, -0.2) is 35.1 Å². The van der Waals surface area contributed by atoms with Crippen molar-refractivity contribution in [3.8, 4) is 0 Å². The summed E-state index contributed by atoms with van der Waals surface area (Å²) in [4.78, 5) is 11.6. The van der Waals surface area contributed by atoms with Gasteiger partial charge in [0.25, 0.3) is 0 Å². The summed E-state index contributed by atoms with van der Waals surface area (Å²) in [5.41, 5.74) is 0. The number of rotatable bonds is 8. The van der Waals surface area contributed by atoms with Crippen molar-refractivity contribution in [1.29, 1.82) is 0 Å². The fraction of sp³-hybridized carbons (Fsp3) is 0.571. The minimum atomic E-state index is 0.719. The smallest absolute Gasteiger partial charge is 0.226 e. The Labute approximate surface area is 128 Å². The highest BCUT2D eigenvalue weighted by Gasteiger charge is 2.10. The second kappa shape index (κ2) is 7.69. The van der Waals surface area contributed by atoms with E-state index >= 15 is 0 Å². The van der Waals surface area contributed by atoms with Crippen LogP contribution in [0.25, 0.3) is 10.2 Å². The van der Waals surface area contributed by atoms with Crippen LogP contribution in [0, 0.1) is 0 Å². The van der Waals surface area contributed by atoms with Crippen LogP contribution >= 0.6 is 23.1 Å². The number of aromatic nitrogens is 2. The molecule has 4 nitrogen and oxygen atoms in total. The normalized spacial score (nSPS) is 10.9. The van der Waals surface area contributed by atoms with Gasteiger partial charge in [-0.05, 0) is 37.8 Å². The predicted molar refractivity (Wildman–Crippen MR) is 92.4 cm³/mol. The number of nitrogens with zero attached hydrogens (tertiary/aromatic N) is 2. The minimum Gasteiger partial charge on any atom is -0.369 e. The first kappa shape index (κ1) is 15.4. The molecule has 0 radical (unpaired) electrons. The van der Waals surface area contributed by atoms with Crippen molar-refractivity contribution in [2.45, 2.75) is 26.7 Å². The highest BCUT2D eigenvalue weighted by molar-refractivity contribution is 7.98. The van der Waals surface area contributed by atoms with Crippen LogP contribution in [0.4, 0.5) is 11.8 Å². The van der Waals surface area contributed by atoms with E-state index in [0.717, 1.165) is 47.9 Å². The van der Waals surface area contributed by atoms with Crippen LogP contribution in [0.2, 0.25) is 0 Å². The van der Waals surface area contributed by atoms with Gasteiger partial charge in [0.2, 0.25) is 5.95 Å². The van der Waals surface area contributed by atoms with Crippen LogP contribution in [0.3, 0.4) is 0 Å². The molecule has 2 rings (SSSR count). The molecule has 2 aromatic heterocycles. The fourth-order valence-corrected chi connectivity index (χ4v) is 3.34. The molecule has 0 aromatic carbocycles. The lowest BCUT2D eigenvalue weighted by atomic mass is 10.3. The quantitative estimate of drug-likeness (QED) is 0.725. The molecule has 0 amide bonds. The van der Waals surface area contributed by atoms with Gasteiger partial charge >= 0.3 is 0 Å². The van der Waals surface area contributed by atoms with Crippen LogP contribution in [0.15, 0.2) is 6.07 Å². The standard InChI is InChI=1S/C14H22N4S2/c1-4-10-9-11-12(16-7-6-8-19-3)17-14(15-5-2)18-13(11)20-10/h9H,4-8H2,1-3H3,(H2,15,16,17,18). The van der Waals surface area contributed by atoms with Crippen LogP contribution in [0.1, 0.15) is 25.1 Å². The lowest BCUT2D eigenvalue weighted by molar-refractivity contribution is 0.981. The number of hydrogen-bond acceptors (Lipinski definition) is 6. The van der Waals surface area contributed by atoms with Gasteiger partial charge in [0.15, 0.2) is 0 Å². The van der Waals surface area contributed by atoms with Crippen LogP contribution in [0.5, 0.6) is 0 Å². The summed E-state index contributed by atoms with van der Waals surface area (Å²) in [5.74, 6) is 2.85. The second-order valence-corrected chi connectivity index (χ2v) is 6.59. The average molecular weight is 310 g/mol. The van der Waals surface area contributed by atoms with Gasteiger partial charge in [-0.1, -0.05) is 6.92 Å². The molecule has 0 atom stereocenters. The van der Waals surface area contributed by atoms with E-state index in [0.29, 0.717) is 0 Å². The number of nitrogens with one attached hydrogen (secondary N) is 2. The molecule has 0 aliphatic rings. The maximum Gasteiger partial charge on any atom is 0.226 e. The van der Waals surface area contributed by atoms with Crippen molar-refractivity contribution < 1.29 is 0 Å². The highest BCUT2D eigenvalue weighted by atomic mass is 32.2. The Bertz CT molecular complexity index is 553. The largest absolute Gasteiger partial charge is 0.369 e. The molecule has 2 N–H and O–H groups in total. The number of hydrogen-bond donors (Lipinski definition) is 2. The Balaban J connectivity index is 2.25. The fourth-order valence-electron chi connectivity index (χ4n) is 1.94. The number of fused-ring (bicyclic) bond motifs is 1. The van der Waals surface area contributed by atoms with E-state index in [-0.39, 0.29) is 0 Å². The molecule has 0 saturated heterocycles. The molecule has 0 bridgehead atoms. The van der Waals surface area contributed by atoms with E-state index in [1.807, 2.05) is 11.8 Å². The Morgan fingerprint density at radius 1 is 1.25 bits per heavy atom. The zero-order valence-electron chi connectivity index (χ0n) is 12.3. The Kier molecular flexibility index (Phi) is 5.91. The molecule has 0 spiro atoms. The summed E-state index contributed by atoms with van der Waals surface area (Å²) >= 11 is 3.64. The molecule has 0 aliphatic heterocycles. The summed E-state index contributed by atoms with van der Waals surface area (Å²) in [6, 6.07) is 2.21. The second-order valence-electron chi connectivity index (χ2n) is 4.48. The van der Waals surface area contributed by atoms with E-state index in [9.17, 15) is 0 Å². The molecule has 6 heteroatoms. The van der Waals surface area contributed by atoms with Gasteiger partial charge < -0.3 is 10.6 Å². The summed E-state index contributed by atoms with van der Waals surface area (Å²) in [6.45, 7) is 6.03. The molecule has 0 unspecified atom stereocenters. The van der Waals surface area contributed by atoms with Gasteiger partial charge in [-0.2, -0.15) is 16.7 Å². The average Bonchev–Trinajstić information content (AvgIpc) is 2.87. The number of anilines is 2. The van der Waals surface area contributed by atoms with E-state index in [1.165, 1.54) is 10.6 Å². The first-order chi connectivity index (χ1) is 9.78. The highest BCUT2D eigenvalue weighted by Crippen LogP contribution is 2.30. The van der Waals surface area contributed by atoms with Crippen molar-refractivity contribution in [2.75, 3.05) is 35.7 Å². The molecule has 110 valence electrons. The third-order valence-electron chi connectivity index (χ3n) is 2.94. The Morgan fingerprint density at radius 3 is 2.80 bits per heavy atom. The van der Waals surface area contributed by atoms with Gasteiger partial charge in [0.1, 0.15) is 10.6 Å². The maximum absolute atomic E-state index is 4.60. The van der Waals surface area contributed by atoms with E-state index < -0.39 is 0 Å². The lowest BCUT2D eigenvalue weighted by Crippen LogP contribution is -2.08. The summed E-state index contributed by atoms with van der Waals surface area (Å²) in [6.07, 6.45) is 4.33. The maximum atomic E-state index is 4.60. The number of thioether (sulfide) groups is 1. The zero-order valence-corrected chi connectivity index (χ0v) is 14.0. The molecule has 2 aromatic rings. The first-order valence-corrected chi connectivity index (χ1v) is 9.26. The zero-order chi connectivity index (χ0) is 14.4. The molecular formula is C14H22N4S2. The molecule has 0 aliphatic carbocycles. The van der Waals surface area contributed by atoms with Gasteiger partial charge in [0, 0.05) is 18.0 Å². The SMILES string of the molecule is CCNc1nc(NCCCSC)c2cc(CC)sc2n1. The molecule has 0 saturated carbocycles. The van der Waals surface area contributed by atoms with Crippen molar-refractivity contribution in [3.05, 3.63) is 10.9 Å². The van der Waals surface area contributed by atoms with Crippen molar-refractivity contribution in [3.63, 3.8) is 0 Å². The van der Waals surface area contributed by atoms with E-state index in [1.54, 1.807) is 11.3 Å². The predicted octanol–water partition coefficient (Wildman–Crippen LogP) is 3.85. The minimum absolute atomic E-state index is 0.719. The number of aryl methyl sites for hydroxylation is 1. The van der Waals surface area contributed by atoms with Crippen molar-refractivity contribution in [2.24, 2.45) is 0 Å². The monoisotopic (exact) mass is 310 g/mol. The number of thiophene rings is 1. The first-order valence-electron chi connectivity index (χ1n) is 7.05. The van der Waals surface area contributed by atoms with Gasteiger partial charge in [0.05, 0.1) is 5.39 Å². The summed E-state index contributed by atoms with van der Waals surface area (Å²) in [5, 5.41) is 7.82. The molecule has 0 fully saturated rings. The Morgan fingerprint density at radius 2 is 2.10 bits per heavy atom. The van der Waals surface area contributed by atoms with Crippen LogP contribution < -0.4 is 10.6 Å². The van der Waals surface area contributed by atoms with E-state index in [4.69, 9.17) is 0 Å². The van der Waals surface area contributed by atoms with Crippen molar-refractivity contribution in [1.82, 2.24) is 9.97 Å². The third-order valence-corrected chi connectivity index (χ3v) is 4.81. The third kappa shape index (κ3) is 3.76. The van der Waals surface area contributed by atoms with Gasteiger partial charge in [-0.25, -0.2) is 4.98 Å². The molecular weight excluding hydrogens is 288 g/mol. The summed E-state index contributed by atoms with van der Waals surface area (Å²) < 4.78 is 0. The Hall–Kier alpha value is -1.01. The van der Waals surface area contributed by atoms with E-state index in [2.05, 4.69) is 46.8 Å².